The molecule has 1 unspecified atom stereocenters. The monoisotopic (exact) mass is 378 g/mol. The minimum absolute atomic E-state index is 0.0206. The van der Waals surface area contributed by atoms with Gasteiger partial charge in [0.05, 0.1) is 6.04 Å². The van der Waals surface area contributed by atoms with Gasteiger partial charge in [-0.3, -0.25) is 9.59 Å². The molecule has 3 aliphatic rings. The summed E-state index contributed by atoms with van der Waals surface area (Å²) in [6.07, 6.45) is 2.32. The Morgan fingerprint density at radius 2 is 1.75 bits per heavy atom. The number of ketones is 2. The van der Waals surface area contributed by atoms with Gasteiger partial charge >= 0.3 is 6.03 Å². The number of rotatable bonds is 1. The molecule has 0 radical (unpaired) electrons. The van der Waals surface area contributed by atoms with E-state index in [1.165, 1.54) is 0 Å². The Bertz CT molecular complexity index is 896. The SMILES string of the molecule is CC#Cc1cc(C)c(C2C(=O)CC3(CCN4C(=O)NCC4C3)CC2=O)c(C)c1. The fraction of sp³-hybridized carbons (Fsp3) is 0.522. The lowest BCUT2D eigenvalue weighted by molar-refractivity contribution is -0.138. The number of nitrogens with one attached hydrogen (secondary N) is 1. The van der Waals surface area contributed by atoms with Crippen molar-refractivity contribution in [1.29, 1.82) is 0 Å². The van der Waals surface area contributed by atoms with Gasteiger partial charge in [0.2, 0.25) is 0 Å². The summed E-state index contributed by atoms with van der Waals surface area (Å²) < 4.78 is 0. The van der Waals surface area contributed by atoms with Crippen LogP contribution in [0.4, 0.5) is 4.79 Å². The van der Waals surface area contributed by atoms with Gasteiger partial charge in [-0.2, -0.15) is 0 Å². The zero-order valence-corrected chi connectivity index (χ0v) is 16.7. The van der Waals surface area contributed by atoms with Gasteiger partial charge in [0.25, 0.3) is 0 Å². The first kappa shape index (κ1) is 18.7. The summed E-state index contributed by atoms with van der Waals surface area (Å²) in [7, 11) is 0. The molecule has 2 amide bonds. The van der Waals surface area contributed by atoms with Crippen molar-refractivity contribution in [3.63, 3.8) is 0 Å². The number of piperidine rings is 1. The Morgan fingerprint density at radius 3 is 2.36 bits per heavy atom. The number of carbonyl (C=O) groups excluding carboxylic acids is 3. The highest BCUT2D eigenvalue weighted by Crippen LogP contribution is 2.48. The van der Waals surface area contributed by atoms with E-state index in [0.717, 1.165) is 35.1 Å². The number of carbonyl (C=O) groups is 3. The minimum Gasteiger partial charge on any atom is -0.336 e. The Labute approximate surface area is 165 Å². The molecule has 1 N–H and O–H groups in total. The van der Waals surface area contributed by atoms with Gasteiger partial charge in [-0.15, -0.1) is 5.92 Å². The molecule has 2 heterocycles. The minimum atomic E-state index is -0.657. The molecule has 146 valence electrons. The van der Waals surface area contributed by atoms with E-state index < -0.39 is 5.92 Å². The second kappa shape index (κ2) is 6.77. The van der Waals surface area contributed by atoms with Gasteiger partial charge < -0.3 is 10.2 Å². The van der Waals surface area contributed by atoms with Crippen LogP contribution in [-0.4, -0.2) is 41.6 Å². The van der Waals surface area contributed by atoms with Crippen molar-refractivity contribution < 1.29 is 14.4 Å². The maximum Gasteiger partial charge on any atom is 0.317 e. The van der Waals surface area contributed by atoms with Crippen LogP contribution in [0.15, 0.2) is 12.1 Å². The maximum atomic E-state index is 13.2. The molecular weight excluding hydrogens is 352 g/mol. The third-order valence-corrected chi connectivity index (χ3v) is 6.64. The Hall–Kier alpha value is -2.61. The summed E-state index contributed by atoms with van der Waals surface area (Å²) in [5, 5.41) is 2.88. The zero-order chi connectivity index (χ0) is 20.1. The maximum absolute atomic E-state index is 13.2. The number of nitrogens with zero attached hydrogens (tertiary/aromatic N) is 1. The fourth-order valence-corrected chi connectivity index (χ4v) is 5.48. The smallest absolute Gasteiger partial charge is 0.317 e. The Balaban J connectivity index is 1.60. The molecule has 1 aromatic rings. The number of benzene rings is 1. The van der Waals surface area contributed by atoms with Crippen LogP contribution in [0.25, 0.3) is 0 Å². The number of Topliss-reactive ketones (excluding diaryl/α,β-unsaturated/α-hetero) is 2. The van der Waals surface area contributed by atoms with Gasteiger partial charge in [0, 0.05) is 31.5 Å². The average Bonchev–Trinajstić information content (AvgIpc) is 2.97. The Morgan fingerprint density at radius 1 is 1.11 bits per heavy atom. The third-order valence-electron chi connectivity index (χ3n) is 6.64. The van der Waals surface area contributed by atoms with E-state index in [-0.39, 0.29) is 29.1 Å². The predicted molar refractivity (Wildman–Crippen MR) is 106 cm³/mol. The van der Waals surface area contributed by atoms with Crippen LogP contribution in [-0.2, 0) is 9.59 Å². The van der Waals surface area contributed by atoms with Gasteiger partial charge in [0.1, 0.15) is 17.5 Å². The van der Waals surface area contributed by atoms with Crippen LogP contribution in [0.3, 0.4) is 0 Å². The highest BCUT2D eigenvalue weighted by molar-refractivity contribution is 6.10. The van der Waals surface area contributed by atoms with Crippen molar-refractivity contribution in [2.45, 2.75) is 58.4 Å². The van der Waals surface area contributed by atoms with Crippen LogP contribution in [0.2, 0.25) is 0 Å². The zero-order valence-electron chi connectivity index (χ0n) is 16.7. The summed E-state index contributed by atoms with van der Waals surface area (Å²) in [6.45, 7) is 6.96. The topological polar surface area (TPSA) is 66.5 Å². The van der Waals surface area contributed by atoms with Gasteiger partial charge in [-0.1, -0.05) is 5.92 Å². The standard InChI is InChI=1S/C23H26N2O3/c1-4-5-16-8-14(2)20(15(3)9-16)21-18(26)11-23(12-19(21)27)6-7-25-17(10-23)13-24-22(25)28/h8-9,17,21H,6-7,10-13H2,1-3H3,(H,24,28). The van der Waals surface area contributed by atoms with Crippen LogP contribution in [0.5, 0.6) is 0 Å². The average molecular weight is 378 g/mol. The number of hydrogen-bond acceptors (Lipinski definition) is 3. The molecule has 3 fully saturated rings. The Kier molecular flexibility index (Phi) is 4.53. The normalized spacial score (nSPS) is 29.4. The first-order valence-electron chi connectivity index (χ1n) is 9.97. The molecule has 2 saturated heterocycles. The largest absolute Gasteiger partial charge is 0.336 e. The summed E-state index contributed by atoms with van der Waals surface area (Å²) >= 11 is 0. The van der Waals surface area contributed by atoms with Crippen molar-refractivity contribution >= 4 is 17.6 Å². The lowest BCUT2D eigenvalue weighted by atomic mass is 9.61. The van der Waals surface area contributed by atoms with E-state index in [9.17, 15) is 14.4 Å². The highest BCUT2D eigenvalue weighted by Gasteiger charge is 2.51. The van der Waals surface area contributed by atoms with E-state index in [1.54, 1.807) is 6.92 Å². The van der Waals surface area contributed by atoms with Gasteiger partial charge in [-0.05, 0) is 67.9 Å². The van der Waals surface area contributed by atoms with Crippen molar-refractivity contribution in [3.8, 4) is 11.8 Å². The van der Waals surface area contributed by atoms with Crippen molar-refractivity contribution in [3.05, 3.63) is 34.4 Å². The van der Waals surface area contributed by atoms with E-state index in [0.29, 0.717) is 25.9 Å². The number of amides is 2. The number of fused-ring (bicyclic) bond motifs is 1. The van der Waals surface area contributed by atoms with Crippen LogP contribution in [0.1, 0.15) is 60.8 Å². The number of hydrogen-bond donors (Lipinski definition) is 1. The van der Waals surface area contributed by atoms with Crippen molar-refractivity contribution in [2.75, 3.05) is 13.1 Å². The highest BCUT2D eigenvalue weighted by atomic mass is 16.2. The van der Waals surface area contributed by atoms with Gasteiger partial charge in [0.15, 0.2) is 0 Å². The molecule has 1 aromatic carbocycles. The first-order chi connectivity index (χ1) is 13.3. The second-order valence-corrected chi connectivity index (χ2v) is 8.61. The molecule has 1 atom stereocenters. The van der Waals surface area contributed by atoms with Crippen LogP contribution in [0, 0.1) is 31.1 Å². The fourth-order valence-electron chi connectivity index (χ4n) is 5.48. The summed E-state index contributed by atoms with van der Waals surface area (Å²) in [5.74, 6) is 5.36. The molecule has 2 aliphatic heterocycles. The summed E-state index contributed by atoms with van der Waals surface area (Å²) in [4.78, 5) is 40.1. The van der Waals surface area contributed by atoms with E-state index in [1.807, 2.05) is 30.9 Å². The molecule has 5 nitrogen and oxygen atoms in total. The molecule has 1 aliphatic carbocycles. The molecule has 0 bridgehead atoms. The van der Waals surface area contributed by atoms with Crippen molar-refractivity contribution in [2.24, 2.45) is 5.41 Å². The number of urea groups is 1. The number of aryl methyl sites for hydroxylation is 2. The van der Waals surface area contributed by atoms with E-state index in [4.69, 9.17) is 0 Å². The summed E-state index contributed by atoms with van der Waals surface area (Å²) in [6, 6.07) is 4.03. The van der Waals surface area contributed by atoms with E-state index >= 15 is 0 Å². The lowest BCUT2D eigenvalue weighted by Gasteiger charge is -2.46. The van der Waals surface area contributed by atoms with Gasteiger partial charge in [-0.25, -0.2) is 4.79 Å². The summed E-state index contributed by atoms with van der Waals surface area (Å²) in [5.41, 5.74) is 3.41. The second-order valence-electron chi connectivity index (χ2n) is 8.61. The predicted octanol–water partition coefficient (Wildman–Crippen LogP) is 2.86. The molecule has 4 rings (SSSR count). The molecule has 28 heavy (non-hydrogen) atoms. The molecule has 0 aromatic heterocycles. The van der Waals surface area contributed by atoms with E-state index in [2.05, 4.69) is 17.2 Å². The quantitative estimate of drug-likeness (QED) is 0.604. The lowest BCUT2D eigenvalue weighted by Crippen LogP contribution is -2.50. The third kappa shape index (κ3) is 3.01. The van der Waals surface area contributed by atoms with Crippen LogP contribution >= 0.6 is 0 Å². The first-order valence-corrected chi connectivity index (χ1v) is 9.97. The van der Waals surface area contributed by atoms with Crippen molar-refractivity contribution in [1.82, 2.24) is 10.2 Å². The molecule has 1 saturated carbocycles. The van der Waals surface area contributed by atoms with Crippen LogP contribution < -0.4 is 5.32 Å². The molecular formula is C23H26N2O3. The molecule has 5 heteroatoms. The molecule has 1 spiro atoms.